The molecule has 2 saturated heterocycles. The first-order valence-electron chi connectivity index (χ1n) is 5.35. The molecular weight excluding hydrogens is 216 g/mol. The van der Waals surface area contributed by atoms with Crippen LogP contribution in [-0.4, -0.2) is 34.7 Å². The van der Waals surface area contributed by atoms with Gasteiger partial charge in [0.15, 0.2) is 12.6 Å². The van der Waals surface area contributed by atoms with Crippen molar-refractivity contribution < 1.29 is 29.3 Å². The van der Waals surface area contributed by atoms with Crippen LogP contribution in [0.3, 0.4) is 0 Å². The number of carbonyl (C=O) groups is 2. The second-order valence-electron chi connectivity index (χ2n) is 4.65. The quantitative estimate of drug-likeness (QED) is 0.408. The molecule has 6 heteroatoms. The van der Waals surface area contributed by atoms with Gasteiger partial charge < -0.3 is 19.7 Å². The Morgan fingerprint density at radius 1 is 1.06 bits per heavy atom. The normalized spacial score (nSPS) is 51.1. The van der Waals surface area contributed by atoms with Gasteiger partial charge in [0.05, 0.1) is 11.8 Å². The molecule has 1 saturated carbocycles. The van der Waals surface area contributed by atoms with Crippen LogP contribution in [0.1, 0.15) is 12.8 Å². The molecule has 16 heavy (non-hydrogen) atoms. The number of ether oxygens (including phenoxy) is 2. The highest BCUT2D eigenvalue weighted by molar-refractivity contribution is 5.97. The first kappa shape index (κ1) is 10.2. The Hall–Kier alpha value is -0.980. The van der Waals surface area contributed by atoms with Gasteiger partial charge in [0.1, 0.15) is 0 Å². The average molecular weight is 228 g/mol. The number of esters is 2. The zero-order chi connectivity index (χ0) is 11.4. The summed E-state index contributed by atoms with van der Waals surface area (Å²) in [5.41, 5.74) is 0. The van der Waals surface area contributed by atoms with Crippen molar-refractivity contribution in [3.8, 4) is 0 Å². The number of aliphatic hydroxyl groups excluding tert-OH is 2. The van der Waals surface area contributed by atoms with Gasteiger partial charge in [-0.25, -0.2) is 0 Å². The fourth-order valence-electron chi connectivity index (χ4n) is 3.20. The van der Waals surface area contributed by atoms with E-state index in [4.69, 9.17) is 4.74 Å². The maximum atomic E-state index is 11.5. The van der Waals surface area contributed by atoms with Gasteiger partial charge in [-0.15, -0.1) is 0 Å². The molecule has 1 aliphatic carbocycles. The second kappa shape index (κ2) is 3.26. The number of hydrogen-bond donors (Lipinski definition) is 2. The van der Waals surface area contributed by atoms with Gasteiger partial charge in [0, 0.05) is 12.3 Å². The Balaban J connectivity index is 1.91. The Morgan fingerprint density at radius 3 is 2.56 bits per heavy atom. The first-order chi connectivity index (χ1) is 7.58. The summed E-state index contributed by atoms with van der Waals surface area (Å²) >= 11 is 0. The third-order valence-corrected chi connectivity index (χ3v) is 3.88. The molecule has 0 amide bonds. The van der Waals surface area contributed by atoms with E-state index in [0.29, 0.717) is 6.42 Å². The number of fused-ring (bicyclic) bond motifs is 3. The van der Waals surface area contributed by atoms with Crippen LogP contribution in [0.2, 0.25) is 0 Å². The van der Waals surface area contributed by atoms with Crippen LogP contribution in [0.5, 0.6) is 0 Å². The summed E-state index contributed by atoms with van der Waals surface area (Å²) in [6.07, 6.45) is -1.50. The highest BCUT2D eigenvalue weighted by atomic mass is 16.7. The molecule has 0 aromatic heterocycles. The molecule has 6 nitrogen and oxygen atoms in total. The van der Waals surface area contributed by atoms with E-state index < -0.39 is 36.4 Å². The zero-order valence-corrected chi connectivity index (χ0v) is 8.41. The zero-order valence-electron chi connectivity index (χ0n) is 8.41. The highest BCUT2D eigenvalue weighted by Gasteiger charge is 2.59. The lowest BCUT2D eigenvalue weighted by Gasteiger charge is -2.34. The Labute approximate surface area is 91.1 Å². The third-order valence-electron chi connectivity index (χ3n) is 3.88. The van der Waals surface area contributed by atoms with E-state index in [1.165, 1.54) is 0 Å². The molecule has 3 rings (SSSR count). The number of hydrogen-bond acceptors (Lipinski definition) is 6. The van der Waals surface area contributed by atoms with Gasteiger partial charge in [0.2, 0.25) is 0 Å². The van der Waals surface area contributed by atoms with Gasteiger partial charge in [-0.05, 0) is 12.3 Å². The summed E-state index contributed by atoms with van der Waals surface area (Å²) in [7, 11) is 0. The largest absolute Gasteiger partial charge is 0.393 e. The molecule has 88 valence electrons. The lowest BCUT2D eigenvalue weighted by molar-refractivity contribution is -0.267. The Morgan fingerprint density at radius 2 is 1.81 bits per heavy atom. The summed E-state index contributed by atoms with van der Waals surface area (Å²) in [5, 5.41) is 19.0. The van der Waals surface area contributed by atoms with E-state index in [1.807, 2.05) is 0 Å². The molecular formula is C10H12O6. The monoisotopic (exact) mass is 228 g/mol. The summed E-state index contributed by atoms with van der Waals surface area (Å²) < 4.78 is 9.45. The van der Waals surface area contributed by atoms with Crippen molar-refractivity contribution in [2.75, 3.05) is 0 Å². The van der Waals surface area contributed by atoms with Crippen LogP contribution >= 0.6 is 0 Å². The van der Waals surface area contributed by atoms with Crippen molar-refractivity contribution >= 4 is 11.9 Å². The van der Waals surface area contributed by atoms with Gasteiger partial charge in [-0.1, -0.05) is 0 Å². The summed E-state index contributed by atoms with van der Waals surface area (Å²) in [6, 6.07) is 0. The molecule has 2 aliphatic heterocycles. The smallest absolute Gasteiger partial charge is 0.317 e. The Bertz CT molecular complexity index is 353. The van der Waals surface area contributed by atoms with Crippen LogP contribution in [0.4, 0.5) is 0 Å². The molecule has 2 N–H and O–H groups in total. The van der Waals surface area contributed by atoms with Crippen molar-refractivity contribution in [3.05, 3.63) is 0 Å². The summed E-state index contributed by atoms with van der Waals surface area (Å²) in [4.78, 5) is 22.9. The second-order valence-corrected chi connectivity index (χ2v) is 4.65. The molecule has 3 aliphatic rings. The van der Waals surface area contributed by atoms with Crippen molar-refractivity contribution in [2.45, 2.75) is 25.4 Å². The number of rotatable bonds is 0. The molecule has 0 radical (unpaired) electrons. The van der Waals surface area contributed by atoms with E-state index in [2.05, 4.69) is 4.74 Å². The molecule has 0 bridgehead atoms. The predicted molar refractivity (Wildman–Crippen MR) is 47.4 cm³/mol. The van der Waals surface area contributed by atoms with Gasteiger partial charge in [-0.3, -0.25) is 9.59 Å². The third kappa shape index (κ3) is 1.24. The molecule has 0 aromatic rings. The van der Waals surface area contributed by atoms with Crippen molar-refractivity contribution in [3.63, 3.8) is 0 Å². The van der Waals surface area contributed by atoms with E-state index in [0.717, 1.165) is 0 Å². The molecule has 3 fully saturated rings. The summed E-state index contributed by atoms with van der Waals surface area (Å²) in [6.45, 7) is 0. The van der Waals surface area contributed by atoms with Gasteiger partial charge in [-0.2, -0.15) is 0 Å². The van der Waals surface area contributed by atoms with E-state index in [-0.39, 0.29) is 18.3 Å². The van der Waals surface area contributed by atoms with Crippen LogP contribution < -0.4 is 0 Å². The minimum Gasteiger partial charge on any atom is -0.393 e. The number of carbonyl (C=O) groups excluding carboxylic acids is 2. The van der Waals surface area contributed by atoms with Gasteiger partial charge >= 0.3 is 11.9 Å². The van der Waals surface area contributed by atoms with Crippen LogP contribution in [0, 0.1) is 23.7 Å². The molecule has 2 heterocycles. The van der Waals surface area contributed by atoms with E-state index in [1.54, 1.807) is 0 Å². The van der Waals surface area contributed by atoms with Crippen molar-refractivity contribution in [2.24, 2.45) is 23.7 Å². The topological polar surface area (TPSA) is 93.1 Å². The SMILES string of the molecule is O=C1OC(=O)C2C1CC1C(O)OC(O)CC12. The van der Waals surface area contributed by atoms with Crippen LogP contribution in [-0.2, 0) is 19.1 Å². The maximum absolute atomic E-state index is 11.5. The predicted octanol–water partition coefficient (Wildman–Crippen LogP) is -1.00. The van der Waals surface area contributed by atoms with Gasteiger partial charge in [0.25, 0.3) is 0 Å². The molecule has 0 aromatic carbocycles. The van der Waals surface area contributed by atoms with E-state index >= 15 is 0 Å². The minimum atomic E-state index is -1.10. The molecule has 6 atom stereocenters. The molecule has 6 unspecified atom stereocenters. The molecule has 0 spiro atoms. The standard InChI is InChI=1S/C10H12O6/c11-6-2-3-4(8(12)15-6)1-5-7(3)10(14)16-9(5)13/h3-8,11-12H,1-2H2. The number of cyclic esters (lactones) is 2. The van der Waals surface area contributed by atoms with E-state index in [9.17, 15) is 19.8 Å². The Kier molecular flexibility index (Phi) is 2.07. The number of aliphatic hydroxyl groups is 2. The lowest BCUT2D eigenvalue weighted by Crippen LogP contribution is -2.41. The first-order valence-corrected chi connectivity index (χ1v) is 5.35. The fraction of sp³-hybridized carbons (Fsp3) is 0.800. The average Bonchev–Trinajstić information content (AvgIpc) is 2.67. The highest BCUT2D eigenvalue weighted by Crippen LogP contribution is 2.51. The fourth-order valence-corrected chi connectivity index (χ4v) is 3.20. The lowest BCUT2D eigenvalue weighted by atomic mass is 9.83. The maximum Gasteiger partial charge on any atom is 0.317 e. The minimum absolute atomic E-state index is 0.220. The van der Waals surface area contributed by atoms with Crippen LogP contribution in [0.25, 0.3) is 0 Å². The summed E-state index contributed by atoms with van der Waals surface area (Å²) in [5.74, 6) is -2.48. The van der Waals surface area contributed by atoms with Crippen molar-refractivity contribution in [1.82, 2.24) is 0 Å². The van der Waals surface area contributed by atoms with Crippen LogP contribution in [0.15, 0.2) is 0 Å². The van der Waals surface area contributed by atoms with Crippen molar-refractivity contribution in [1.29, 1.82) is 0 Å².